The third kappa shape index (κ3) is 3.61. The zero-order chi connectivity index (χ0) is 19.5. The summed E-state index contributed by atoms with van der Waals surface area (Å²) in [5.41, 5.74) is 1.58. The molecule has 28 heavy (non-hydrogen) atoms. The molecule has 1 amide bonds. The summed E-state index contributed by atoms with van der Waals surface area (Å²) in [5, 5.41) is 6.41. The second-order valence-electron chi connectivity index (χ2n) is 5.85. The molecule has 0 radical (unpaired) electrons. The van der Waals surface area contributed by atoms with Gasteiger partial charge in [-0.25, -0.2) is 18.7 Å². The van der Waals surface area contributed by atoms with Crippen LogP contribution in [-0.4, -0.2) is 20.9 Å². The minimum Gasteiger partial charge on any atom is -0.324 e. The number of amides is 1. The fourth-order valence-electron chi connectivity index (χ4n) is 2.64. The average Bonchev–Trinajstić information content (AvgIpc) is 2.71. The first-order valence-corrected chi connectivity index (χ1v) is 8.30. The Labute approximate surface area is 158 Å². The molecule has 0 aliphatic carbocycles. The summed E-state index contributed by atoms with van der Waals surface area (Å²) in [6.07, 6.45) is 3.04. The molecule has 0 bridgehead atoms. The van der Waals surface area contributed by atoms with Crippen molar-refractivity contribution in [1.82, 2.24) is 15.0 Å². The highest BCUT2D eigenvalue weighted by atomic mass is 19.2. The molecule has 0 spiro atoms. The van der Waals surface area contributed by atoms with Crippen LogP contribution in [-0.2, 0) is 0 Å². The first-order valence-electron chi connectivity index (χ1n) is 8.30. The smallest absolute Gasteiger partial charge is 0.274 e. The van der Waals surface area contributed by atoms with E-state index < -0.39 is 17.5 Å². The van der Waals surface area contributed by atoms with Crippen molar-refractivity contribution in [2.45, 2.75) is 0 Å². The van der Waals surface area contributed by atoms with E-state index in [0.29, 0.717) is 11.2 Å². The lowest BCUT2D eigenvalue weighted by Gasteiger charge is -2.09. The van der Waals surface area contributed by atoms with Gasteiger partial charge in [-0.15, -0.1) is 0 Å². The first kappa shape index (κ1) is 17.5. The largest absolute Gasteiger partial charge is 0.324 e. The molecular formula is C20H13F2N5O. The van der Waals surface area contributed by atoms with E-state index in [1.165, 1.54) is 18.3 Å². The quantitative estimate of drug-likeness (QED) is 0.554. The number of nitrogens with one attached hydrogen (secondary N) is 2. The highest BCUT2D eigenvalue weighted by Crippen LogP contribution is 2.21. The minimum absolute atomic E-state index is 0.0784. The van der Waals surface area contributed by atoms with Crippen LogP contribution in [0.25, 0.3) is 10.9 Å². The third-order valence-electron chi connectivity index (χ3n) is 3.94. The van der Waals surface area contributed by atoms with Gasteiger partial charge in [-0.2, -0.15) is 0 Å². The Kier molecular flexibility index (Phi) is 4.59. The first-order chi connectivity index (χ1) is 13.6. The van der Waals surface area contributed by atoms with Gasteiger partial charge in [0.15, 0.2) is 11.6 Å². The van der Waals surface area contributed by atoms with Crippen molar-refractivity contribution in [3.8, 4) is 0 Å². The molecule has 0 saturated heterocycles. The van der Waals surface area contributed by atoms with Crippen LogP contribution in [0, 0.1) is 11.6 Å². The number of carbonyl (C=O) groups excluding carboxylic acids is 1. The standard InChI is InChI=1S/C20H13F2N5O/c21-14-7-6-13(11-15(14)22)25-20-24-10-8-17(27-20)19(28)26-16-5-1-3-12-4-2-9-23-18(12)16/h1-11H,(H,26,28)(H,24,25,27). The summed E-state index contributed by atoms with van der Waals surface area (Å²) in [6.45, 7) is 0. The lowest BCUT2D eigenvalue weighted by molar-refractivity contribution is 0.102. The van der Waals surface area contributed by atoms with Crippen LogP contribution >= 0.6 is 0 Å². The monoisotopic (exact) mass is 377 g/mol. The molecule has 2 heterocycles. The Morgan fingerprint density at radius 1 is 0.893 bits per heavy atom. The predicted octanol–water partition coefficient (Wildman–Crippen LogP) is 4.30. The predicted molar refractivity (Wildman–Crippen MR) is 101 cm³/mol. The van der Waals surface area contributed by atoms with Gasteiger partial charge in [0.25, 0.3) is 5.91 Å². The third-order valence-corrected chi connectivity index (χ3v) is 3.94. The van der Waals surface area contributed by atoms with E-state index >= 15 is 0 Å². The Balaban J connectivity index is 1.56. The number of nitrogens with zero attached hydrogens (tertiary/aromatic N) is 3. The zero-order valence-corrected chi connectivity index (χ0v) is 14.4. The maximum absolute atomic E-state index is 13.3. The molecule has 6 nitrogen and oxygen atoms in total. The van der Waals surface area contributed by atoms with E-state index in [1.54, 1.807) is 12.3 Å². The van der Waals surface area contributed by atoms with Crippen molar-refractivity contribution in [3.63, 3.8) is 0 Å². The van der Waals surface area contributed by atoms with Gasteiger partial charge >= 0.3 is 0 Å². The van der Waals surface area contributed by atoms with Gasteiger partial charge in [0.2, 0.25) is 5.95 Å². The molecule has 4 rings (SSSR count). The van der Waals surface area contributed by atoms with Crippen LogP contribution in [0.3, 0.4) is 0 Å². The van der Waals surface area contributed by atoms with E-state index in [1.807, 2.05) is 24.3 Å². The van der Waals surface area contributed by atoms with Crippen LogP contribution in [0.2, 0.25) is 0 Å². The molecule has 2 N–H and O–H groups in total. The number of rotatable bonds is 4. The van der Waals surface area contributed by atoms with Crippen molar-refractivity contribution < 1.29 is 13.6 Å². The number of anilines is 3. The topological polar surface area (TPSA) is 79.8 Å². The highest BCUT2D eigenvalue weighted by Gasteiger charge is 2.12. The maximum atomic E-state index is 13.3. The van der Waals surface area contributed by atoms with Crippen molar-refractivity contribution in [3.05, 3.63) is 84.3 Å². The lowest BCUT2D eigenvalue weighted by atomic mass is 10.2. The van der Waals surface area contributed by atoms with Gasteiger partial charge in [-0.05, 0) is 30.3 Å². The molecule has 138 valence electrons. The Morgan fingerprint density at radius 3 is 2.61 bits per heavy atom. The number of benzene rings is 2. The fraction of sp³-hybridized carbons (Fsp3) is 0. The molecule has 8 heteroatoms. The van der Waals surface area contributed by atoms with Crippen LogP contribution in [0.1, 0.15) is 10.5 Å². The molecule has 0 fully saturated rings. The number of para-hydroxylation sites is 1. The van der Waals surface area contributed by atoms with Gasteiger partial charge < -0.3 is 10.6 Å². The van der Waals surface area contributed by atoms with Gasteiger partial charge in [0.05, 0.1) is 11.2 Å². The lowest BCUT2D eigenvalue weighted by Crippen LogP contribution is -2.15. The number of aromatic nitrogens is 3. The van der Waals surface area contributed by atoms with E-state index in [-0.39, 0.29) is 17.3 Å². The Bertz CT molecular complexity index is 1180. The van der Waals surface area contributed by atoms with Crippen molar-refractivity contribution in [2.24, 2.45) is 0 Å². The summed E-state index contributed by atoms with van der Waals surface area (Å²) in [4.78, 5) is 25.0. The summed E-state index contributed by atoms with van der Waals surface area (Å²) >= 11 is 0. The summed E-state index contributed by atoms with van der Waals surface area (Å²) in [5.74, 6) is -2.32. The summed E-state index contributed by atoms with van der Waals surface area (Å²) < 4.78 is 26.4. The average molecular weight is 377 g/mol. The van der Waals surface area contributed by atoms with Crippen molar-refractivity contribution >= 4 is 34.1 Å². The molecule has 0 unspecified atom stereocenters. The van der Waals surface area contributed by atoms with E-state index in [9.17, 15) is 13.6 Å². The van der Waals surface area contributed by atoms with E-state index in [0.717, 1.165) is 17.5 Å². The Morgan fingerprint density at radius 2 is 1.75 bits per heavy atom. The van der Waals surface area contributed by atoms with Crippen LogP contribution in [0.4, 0.5) is 26.1 Å². The number of halogens is 2. The van der Waals surface area contributed by atoms with Gasteiger partial charge in [0, 0.05) is 29.5 Å². The van der Waals surface area contributed by atoms with Crippen molar-refractivity contribution in [2.75, 3.05) is 10.6 Å². The van der Waals surface area contributed by atoms with Crippen LogP contribution in [0.5, 0.6) is 0 Å². The molecule has 2 aromatic carbocycles. The van der Waals surface area contributed by atoms with Gasteiger partial charge in [-0.3, -0.25) is 9.78 Å². The molecule has 0 aliphatic rings. The summed E-state index contributed by atoms with van der Waals surface area (Å²) in [6, 6.07) is 13.9. The van der Waals surface area contributed by atoms with Gasteiger partial charge in [-0.1, -0.05) is 18.2 Å². The Hall–Kier alpha value is -3.94. The minimum atomic E-state index is -0.998. The molecular weight excluding hydrogens is 364 g/mol. The van der Waals surface area contributed by atoms with Gasteiger partial charge in [0.1, 0.15) is 5.69 Å². The van der Waals surface area contributed by atoms with Crippen LogP contribution < -0.4 is 10.6 Å². The molecule has 0 aliphatic heterocycles. The number of pyridine rings is 1. The number of hydrogen-bond donors (Lipinski definition) is 2. The SMILES string of the molecule is O=C(Nc1cccc2cccnc12)c1ccnc(Nc2ccc(F)c(F)c2)n1. The molecule has 4 aromatic rings. The van der Waals surface area contributed by atoms with Crippen LogP contribution in [0.15, 0.2) is 67.0 Å². The summed E-state index contributed by atoms with van der Waals surface area (Å²) in [7, 11) is 0. The second-order valence-corrected chi connectivity index (χ2v) is 5.85. The maximum Gasteiger partial charge on any atom is 0.274 e. The van der Waals surface area contributed by atoms with E-state index in [2.05, 4.69) is 25.6 Å². The molecule has 0 atom stereocenters. The van der Waals surface area contributed by atoms with E-state index in [4.69, 9.17) is 0 Å². The molecule has 0 saturated carbocycles. The normalized spacial score (nSPS) is 10.6. The number of carbonyl (C=O) groups is 1. The second kappa shape index (κ2) is 7.36. The number of hydrogen-bond acceptors (Lipinski definition) is 5. The molecule has 2 aromatic heterocycles. The number of fused-ring (bicyclic) bond motifs is 1. The zero-order valence-electron chi connectivity index (χ0n) is 14.4. The highest BCUT2D eigenvalue weighted by molar-refractivity contribution is 6.07. The fourth-order valence-corrected chi connectivity index (χ4v) is 2.64. The van der Waals surface area contributed by atoms with Crippen molar-refractivity contribution in [1.29, 1.82) is 0 Å².